The molecule has 0 spiro atoms. The number of rotatable bonds is 3. The number of benzene rings is 1. The molecule has 1 fully saturated rings. The third-order valence-corrected chi connectivity index (χ3v) is 4.49. The first kappa shape index (κ1) is 14.4. The molecule has 1 aliphatic rings. The minimum Gasteiger partial charge on any atom is -0.478 e. The molecule has 1 aromatic rings. The highest BCUT2D eigenvalue weighted by atomic mass is 79.9. The first-order valence-electron chi connectivity index (χ1n) is 6.93. The van der Waals surface area contributed by atoms with E-state index >= 15 is 0 Å². The molecule has 104 valence electrons. The summed E-state index contributed by atoms with van der Waals surface area (Å²) in [6.07, 6.45) is 6.15. The molecule has 0 aromatic heterocycles. The minimum atomic E-state index is -0.879. The summed E-state index contributed by atoms with van der Waals surface area (Å²) in [4.78, 5) is 13.4. The van der Waals surface area contributed by atoms with Crippen LogP contribution in [0, 0.1) is 0 Å². The van der Waals surface area contributed by atoms with E-state index < -0.39 is 5.97 Å². The Kier molecular flexibility index (Phi) is 4.86. The molecule has 1 aromatic carbocycles. The van der Waals surface area contributed by atoms with Crippen LogP contribution in [0.2, 0.25) is 0 Å². The van der Waals surface area contributed by atoms with Crippen LogP contribution in [0.3, 0.4) is 0 Å². The van der Waals surface area contributed by atoms with Crippen molar-refractivity contribution in [1.29, 1.82) is 0 Å². The maximum absolute atomic E-state index is 11.0. The van der Waals surface area contributed by atoms with Gasteiger partial charge in [0.1, 0.15) is 0 Å². The molecule has 3 nitrogen and oxygen atoms in total. The lowest BCUT2D eigenvalue weighted by atomic mass is 10.1. The van der Waals surface area contributed by atoms with Crippen molar-refractivity contribution in [3.8, 4) is 0 Å². The Morgan fingerprint density at radius 1 is 1.42 bits per heavy atom. The van der Waals surface area contributed by atoms with Crippen molar-refractivity contribution in [3.05, 3.63) is 28.2 Å². The molecule has 2 rings (SSSR count). The molecule has 1 heterocycles. The molecular formula is C15H20BrNO2. The van der Waals surface area contributed by atoms with E-state index in [1.807, 2.05) is 6.07 Å². The lowest BCUT2D eigenvalue weighted by molar-refractivity contribution is 0.0697. The van der Waals surface area contributed by atoms with Crippen LogP contribution in [-0.4, -0.2) is 23.7 Å². The van der Waals surface area contributed by atoms with Crippen molar-refractivity contribution in [2.24, 2.45) is 0 Å². The monoisotopic (exact) mass is 325 g/mol. The number of carboxylic acid groups (broad SMARTS) is 1. The van der Waals surface area contributed by atoms with Gasteiger partial charge in [-0.05, 0) is 53.4 Å². The van der Waals surface area contributed by atoms with Gasteiger partial charge in [0.05, 0.1) is 11.3 Å². The van der Waals surface area contributed by atoms with Gasteiger partial charge < -0.3 is 10.0 Å². The average Bonchev–Trinajstić information content (AvgIpc) is 2.63. The zero-order valence-electron chi connectivity index (χ0n) is 11.2. The largest absolute Gasteiger partial charge is 0.478 e. The Bertz CT molecular complexity index is 461. The van der Waals surface area contributed by atoms with Gasteiger partial charge in [-0.25, -0.2) is 4.79 Å². The van der Waals surface area contributed by atoms with Gasteiger partial charge in [-0.15, -0.1) is 0 Å². The Hall–Kier alpha value is -1.03. The summed E-state index contributed by atoms with van der Waals surface area (Å²) in [7, 11) is 0. The van der Waals surface area contributed by atoms with Crippen molar-refractivity contribution in [2.45, 2.75) is 45.1 Å². The summed E-state index contributed by atoms with van der Waals surface area (Å²) >= 11 is 3.53. The van der Waals surface area contributed by atoms with E-state index in [2.05, 4.69) is 27.8 Å². The van der Waals surface area contributed by atoms with E-state index in [0.717, 1.165) is 23.1 Å². The topological polar surface area (TPSA) is 40.5 Å². The number of halogens is 1. The van der Waals surface area contributed by atoms with Gasteiger partial charge in [0.2, 0.25) is 0 Å². The smallest absolute Gasteiger partial charge is 0.335 e. The molecule has 1 aliphatic heterocycles. The molecule has 19 heavy (non-hydrogen) atoms. The summed E-state index contributed by atoms with van der Waals surface area (Å²) in [5.74, 6) is -0.879. The Labute approximate surface area is 122 Å². The quantitative estimate of drug-likeness (QED) is 0.900. The Morgan fingerprint density at radius 2 is 2.21 bits per heavy atom. The SMILES string of the molecule is CCC1CCCCCN1c1ccc(C(=O)O)cc1Br. The van der Waals surface area contributed by atoms with Gasteiger partial charge in [0.15, 0.2) is 0 Å². The van der Waals surface area contributed by atoms with Crippen molar-refractivity contribution < 1.29 is 9.90 Å². The van der Waals surface area contributed by atoms with E-state index in [1.165, 1.54) is 25.7 Å². The van der Waals surface area contributed by atoms with E-state index in [1.54, 1.807) is 12.1 Å². The van der Waals surface area contributed by atoms with Crippen LogP contribution in [0.5, 0.6) is 0 Å². The van der Waals surface area contributed by atoms with Gasteiger partial charge in [-0.3, -0.25) is 0 Å². The minimum absolute atomic E-state index is 0.332. The summed E-state index contributed by atoms with van der Waals surface area (Å²) in [5, 5.41) is 9.02. The first-order valence-corrected chi connectivity index (χ1v) is 7.72. The van der Waals surface area contributed by atoms with Crippen LogP contribution in [0.15, 0.2) is 22.7 Å². The van der Waals surface area contributed by atoms with Crippen LogP contribution < -0.4 is 4.90 Å². The number of carboxylic acids is 1. The summed E-state index contributed by atoms with van der Waals surface area (Å²) in [5.41, 5.74) is 1.46. The third kappa shape index (κ3) is 3.30. The highest BCUT2D eigenvalue weighted by Gasteiger charge is 2.21. The summed E-state index contributed by atoms with van der Waals surface area (Å²) in [6.45, 7) is 3.28. The van der Waals surface area contributed by atoms with Crippen LogP contribution in [0.4, 0.5) is 5.69 Å². The molecule has 4 heteroatoms. The highest BCUT2D eigenvalue weighted by molar-refractivity contribution is 9.10. The van der Waals surface area contributed by atoms with Crippen molar-refractivity contribution in [3.63, 3.8) is 0 Å². The lowest BCUT2D eigenvalue weighted by Gasteiger charge is -2.32. The van der Waals surface area contributed by atoms with Gasteiger partial charge >= 0.3 is 5.97 Å². The van der Waals surface area contributed by atoms with Gasteiger partial charge in [0, 0.05) is 17.1 Å². The number of nitrogens with zero attached hydrogens (tertiary/aromatic N) is 1. The standard InChI is InChI=1S/C15H20BrNO2/c1-2-12-6-4-3-5-9-17(12)14-8-7-11(15(18)19)10-13(14)16/h7-8,10,12H,2-6,9H2,1H3,(H,18,19). The third-order valence-electron chi connectivity index (χ3n) is 3.85. The second-order valence-electron chi connectivity index (χ2n) is 5.08. The average molecular weight is 326 g/mol. The number of hydrogen-bond donors (Lipinski definition) is 1. The van der Waals surface area contributed by atoms with E-state index in [9.17, 15) is 4.79 Å². The van der Waals surface area contributed by atoms with Gasteiger partial charge in [-0.2, -0.15) is 0 Å². The molecule has 1 unspecified atom stereocenters. The predicted octanol–water partition coefficient (Wildman–Crippen LogP) is 4.31. The van der Waals surface area contributed by atoms with Crippen LogP contribution in [0.25, 0.3) is 0 Å². The van der Waals surface area contributed by atoms with E-state index in [-0.39, 0.29) is 0 Å². The Balaban J connectivity index is 2.30. The lowest BCUT2D eigenvalue weighted by Crippen LogP contribution is -2.34. The molecular weight excluding hydrogens is 306 g/mol. The zero-order valence-corrected chi connectivity index (χ0v) is 12.8. The zero-order chi connectivity index (χ0) is 13.8. The van der Waals surface area contributed by atoms with Crippen LogP contribution in [0.1, 0.15) is 49.4 Å². The molecule has 0 bridgehead atoms. The fourth-order valence-corrected chi connectivity index (χ4v) is 3.40. The molecule has 0 aliphatic carbocycles. The van der Waals surface area contributed by atoms with Crippen LogP contribution >= 0.6 is 15.9 Å². The van der Waals surface area contributed by atoms with Gasteiger partial charge in [0.25, 0.3) is 0 Å². The highest BCUT2D eigenvalue weighted by Crippen LogP contribution is 2.32. The first-order chi connectivity index (χ1) is 9.13. The normalized spacial score (nSPS) is 20.1. The molecule has 0 radical (unpaired) electrons. The second kappa shape index (κ2) is 6.42. The maximum atomic E-state index is 11.0. The number of anilines is 1. The number of aromatic carboxylic acids is 1. The van der Waals surface area contributed by atoms with E-state index in [0.29, 0.717) is 11.6 Å². The molecule has 0 saturated carbocycles. The van der Waals surface area contributed by atoms with Crippen molar-refractivity contribution >= 4 is 27.6 Å². The fourth-order valence-electron chi connectivity index (χ4n) is 2.79. The summed E-state index contributed by atoms with van der Waals surface area (Å²) in [6, 6.07) is 5.89. The fraction of sp³-hybridized carbons (Fsp3) is 0.533. The molecule has 0 amide bonds. The summed E-state index contributed by atoms with van der Waals surface area (Å²) < 4.78 is 0.882. The van der Waals surface area contributed by atoms with Crippen molar-refractivity contribution in [1.82, 2.24) is 0 Å². The Morgan fingerprint density at radius 3 is 2.84 bits per heavy atom. The molecule has 1 saturated heterocycles. The van der Waals surface area contributed by atoms with Crippen molar-refractivity contribution in [2.75, 3.05) is 11.4 Å². The maximum Gasteiger partial charge on any atom is 0.335 e. The molecule has 1 atom stereocenters. The van der Waals surface area contributed by atoms with E-state index in [4.69, 9.17) is 5.11 Å². The predicted molar refractivity (Wildman–Crippen MR) is 81.0 cm³/mol. The second-order valence-corrected chi connectivity index (χ2v) is 5.93. The molecule has 1 N–H and O–H groups in total. The van der Waals surface area contributed by atoms with Crippen LogP contribution in [-0.2, 0) is 0 Å². The number of hydrogen-bond acceptors (Lipinski definition) is 2. The number of carbonyl (C=O) groups is 1. The van der Waals surface area contributed by atoms with Gasteiger partial charge in [-0.1, -0.05) is 19.8 Å².